The highest BCUT2D eigenvalue weighted by molar-refractivity contribution is 6.30. The number of nitrogens with one attached hydrogen (secondary N) is 2. The number of nitrogens with zero attached hydrogens (tertiary/aromatic N) is 1. The number of H-pyrrole nitrogens is 2. The standard InChI is InChI=1S/C27H30ClN3O/c1-3-4-5-6-8-22-16-20(15-19-10-12-21(28)13-11-19)24(30-22)17-26-27(32-2)18-25(31-26)23-9-7-14-29-23/h7,9-14,16-18,29-30H,3-6,8,15H2,1-2H3/b26-17-. The van der Waals surface area contributed by atoms with Crippen molar-refractivity contribution in [1.29, 1.82) is 0 Å². The molecule has 0 radical (unpaired) electrons. The number of aliphatic imine (C=N–C) groups is 1. The Bertz CT molecular complexity index is 1120. The summed E-state index contributed by atoms with van der Waals surface area (Å²) < 4.78 is 5.63. The van der Waals surface area contributed by atoms with Crippen molar-refractivity contribution >= 4 is 23.4 Å². The van der Waals surface area contributed by atoms with Gasteiger partial charge in [-0.05, 0) is 66.8 Å². The van der Waals surface area contributed by atoms with E-state index in [-0.39, 0.29) is 0 Å². The number of ether oxygens (including phenoxy) is 1. The third-order valence-electron chi connectivity index (χ3n) is 5.73. The van der Waals surface area contributed by atoms with E-state index in [9.17, 15) is 0 Å². The van der Waals surface area contributed by atoms with E-state index < -0.39 is 0 Å². The van der Waals surface area contributed by atoms with Crippen molar-refractivity contribution in [2.24, 2.45) is 4.99 Å². The summed E-state index contributed by atoms with van der Waals surface area (Å²) in [5, 5.41) is 0.758. The predicted octanol–water partition coefficient (Wildman–Crippen LogP) is 7.08. The quantitative estimate of drug-likeness (QED) is 0.320. The maximum Gasteiger partial charge on any atom is 0.146 e. The number of allylic oxidation sites excluding steroid dienone is 1. The third kappa shape index (κ3) is 5.43. The zero-order valence-corrected chi connectivity index (χ0v) is 19.5. The SMILES string of the molecule is CCCCCCc1cc(Cc2ccc(Cl)cc2)c(/C=C2\N=C(c3ccc[nH]3)C=C2OC)[nH]1. The second kappa shape index (κ2) is 10.6. The lowest BCUT2D eigenvalue weighted by molar-refractivity contribution is 0.303. The Hall–Kier alpha value is -2.98. The van der Waals surface area contributed by atoms with E-state index in [4.69, 9.17) is 21.3 Å². The highest BCUT2D eigenvalue weighted by Crippen LogP contribution is 2.27. The molecule has 0 aliphatic carbocycles. The summed E-state index contributed by atoms with van der Waals surface area (Å²) in [5.74, 6) is 0.770. The van der Waals surface area contributed by atoms with Crippen molar-refractivity contribution in [2.75, 3.05) is 7.11 Å². The summed E-state index contributed by atoms with van der Waals surface area (Å²) in [5.41, 5.74) is 7.52. The zero-order chi connectivity index (χ0) is 22.3. The van der Waals surface area contributed by atoms with Crippen molar-refractivity contribution in [3.63, 3.8) is 0 Å². The molecule has 2 aromatic heterocycles. The number of hydrogen-bond donors (Lipinski definition) is 2. The molecule has 0 amide bonds. The molecule has 0 saturated heterocycles. The number of aryl methyl sites for hydroxylation is 1. The van der Waals surface area contributed by atoms with Gasteiger partial charge in [0, 0.05) is 28.7 Å². The topological polar surface area (TPSA) is 53.2 Å². The third-order valence-corrected chi connectivity index (χ3v) is 5.99. The molecule has 5 heteroatoms. The first-order valence-corrected chi connectivity index (χ1v) is 11.7. The lowest BCUT2D eigenvalue weighted by Gasteiger charge is -2.04. The van der Waals surface area contributed by atoms with Gasteiger partial charge >= 0.3 is 0 Å². The van der Waals surface area contributed by atoms with Gasteiger partial charge in [-0.2, -0.15) is 0 Å². The van der Waals surface area contributed by atoms with Crippen molar-refractivity contribution in [2.45, 2.75) is 45.4 Å². The van der Waals surface area contributed by atoms with Crippen LogP contribution in [0.2, 0.25) is 5.02 Å². The monoisotopic (exact) mass is 447 g/mol. The largest absolute Gasteiger partial charge is 0.494 e. The van der Waals surface area contributed by atoms with Crippen molar-refractivity contribution in [3.8, 4) is 0 Å². The summed E-state index contributed by atoms with van der Waals surface area (Å²) in [4.78, 5) is 11.7. The summed E-state index contributed by atoms with van der Waals surface area (Å²) >= 11 is 6.08. The van der Waals surface area contributed by atoms with Crippen LogP contribution in [0, 0.1) is 0 Å². The number of benzene rings is 1. The molecule has 1 aromatic carbocycles. The van der Waals surface area contributed by atoms with Gasteiger partial charge in [0.15, 0.2) is 0 Å². The van der Waals surface area contributed by atoms with Gasteiger partial charge in [0.25, 0.3) is 0 Å². The van der Waals surface area contributed by atoms with Gasteiger partial charge < -0.3 is 14.7 Å². The number of rotatable bonds is 10. The van der Waals surface area contributed by atoms with Gasteiger partial charge in [-0.15, -0.1) is 0 Å². The van der Waals surface area contributed by atoms with Crippen molar-refractivity contribution in [3.05, 3.63) is 99.4 Å². The van der Waals surface area contributed by atoms with Crippen LogP contribution in [-0.2, 0) is 17.6 Å². The number of hydrogen-bond acceptors (Lipinski definition) is 2. The fourth-order valence-electron chi connectivity index (χ4n) is 4.00. The Labute approximate surface area is 195 Å². The van der Waals surface area contributed by atoms with E-state index in [2.05, 4.69) is 41.2 Å². The van der Waals surface area contributed by atoms with Gasteiger partial charge in [0.1, 0.15) is 11.5 Å². The average Bonchev–Trinajstić information content (AvgIpc) is 3.54. The molecule has 0 fully saturated rings. The zero-order valence-electron chi connectivity index (χ0n) is 18.7. The molecule has 4 nitrogen and oxygen atoms in total. The highest BCUT2D eigenvalue weighted by atomic mass is 35.5. The molecule has 2 N–H and O–H groups in total. The second-order valence-electron chi connectivity index (χ2n) is 8.17. The van der Waals surface area contributed by atoms with Crippen LogP contribution in [0.15, 0.2) is 71.2 Å². The number of aromatic nitrogens is 2. The molecular weight excluding hydrogens is 418 g/mol. The van der Waals surface area contributed by atoms with Gasteiger partial charge in [-0.3, -0.25) is 0 Å². The first kappa shape index (κ1) is 22.2. The molecule has 0 saturated carbocycles. The number of unbranched alkanes of at least 4 members (excludes halogenated alkanes) is 3. The average molecular weight is 448 g/mol. The first-order chi connectivity index (χ1) is 15.7. The highest BCUT2D eigenvalue weighted by Gasteiger charge is 2.18. The summed E-state index contributed by atoms with van der Waals surface area (Å²) in [7, 11) is 1.69. The Morgan fingerprint density at radius 2 is 1.94 bits per heavy atom. The molecule has 0 bridgehead atoms. The molecule has 32 heavy (non-hydrogen) atoms. The van der Waals surface area contributed by atoms with E-state index in [1.165, 1.54) is 42.5 Å². The van der Waals surface area contributed by atoms with Gasteiger partial charge in [0.2, 0.25) is 0 Å². The summed E-state index contributed by atoms with van der Waals surface area (Å²) in [6, 6.07) is 14.4. The van der Waals surface area contributed by atoms with Gasteiger partial charge in [-0.25, -0.2) is 4.99 Å². The fraction of sp³-hybridized carbons (Fsp3) is 0.296. The van der Waals surface area contributed by atoms with Crippen LogP contribution in [0.1, 0.15) is 60.8 Å². The minimum Gasteiger partial charge on any atom is -0.494 e. The molecule has 4 rings (SSSR count). The molecule has 3 heterocycles. The van der Waals surface area contributed by atoms with Crippen LogP contribution in [0.3, 0.4) is 0 Å². The molecular formula is C27H30ClN3O. The van der Waals surface area contributed by atoms with E-state index in [0.29, 0.717) is 0 Å². The van der Waals surface area contributed by atoms with Crippen molar-refractivity contribution < 1.29 is 4.74 Å². The van der Waals surface area contributed by atoms with Crippen LogP contribution in [0.4, 0.5) is 0 Å². The second-order valence-corrected chi connectivity index (χ2v) is 8.61. The lowest BCUT2D eigenvalue weighted by atomic mass is 10.0. The summed E-state index contributed by atoms with van der Waals surface area (Å²) in [6.45, 7) is 2.24. The van der Waals surface area contributed by atoms with Crippen LogP contribution < -0.4 is 0 Å². The smallest absolute Gasteiger partial charge is 0.146 e. The van der Waals surface area contributed by atoms with Crippen molar-refractivity contribution in [1.82, 2.24) is 9.97 Å². The van der Waals surface area contributed by atoms with E-state index in [0.717, 1.165) is 46.4 Å². The Morgan fingerprint density at radius 3 is 2.66 bits per heavy atom. The van der Waals surface area contributed by atoms with E-state index >= 15 is 0 Å². The molecule has 1 aliphatic heterocycles. The van der Waals surface area contributed by atoms with Crippen LogP contribution in [0.25, 0.3) is 6.08 Å². The van der Waals surface area contributed by atoms with Crippen LogP contribution in [-0.4, -0.2) is 22.8 Å². The molecule has 0 unspecified atom stereocenters. The minimum atomic E-state index is 0.758. The van der Waals surface area contributed by atoms with E-state index in [1.807, 2.05) is 36.5 Å². The predicted molar refractivity (Wildman–Crippen MR) is 133 cm³/mol. The first-order valence-electron chi connectivity index (χ1n) is 11.3. The molecule has 3 aromatic rings. The molecule has 0 atom stereocenters. The maximum absolute atomic E-state index is 6.08. The normalized spacial score (nSPS) is 14.7. The van der Waals surface area contributed by atoms with Crippen LogP contribution in [0.5, 0.6) is 0 Å². The Kier molecular flexibility index (Phi) is 7.33. The maximum atomic E-state index is 6.08. The molecule has 0 spiro atoms. The Balaban J connectivity index is 1.64. The lowest BCUT2D eigenvalue weighted by Crippen LogP contribution is -1.93. The number of halogens is 1. The summed E-state index contributed by atoms with van der Waals surface area (Å²) in [6.07, 6.45) is 12.9. The Morgan fingerprint density at radius 1 is 1.09 bits per heavy atom. The number of aromatic amines is 2. The van der Waals surface area contributed by atoms with Crippen LogP contribution >= 0.6 is 11.6 Å². The van der Waals surface area contributed by atoms with E-state index in [1.54, 1.807) is 7.11 Å². The van der Waals surface area contributed by atoms with Gasteiger partial charge in [-0.1, -0.05) is 49.9 Å². The van der Waals surface area contributed by atoms with Gasteiger partial charge in [0.05, 0.1) is 18.5 Å². The fourth-order valence-corrected chi connectivity index (χ4v) is 4.12. The molecule has 166 valence electrons. The molecule has 1 aliphatic rings. The number of methoxy groups -OCH3 is 1. The minimum absolute atomic E-state index is 0.758.